The third-order valence-electron chi connectivity index (χ3n) is 5.54. The van der Waals surface area contributed by atoms with Crippen LogP contribution in [-0.4, -0.2) is 23.6 Å². The largest absolute Gasteiger partial charge is 0.350 e. The summed E-state index contributed by atoms with van der Waals surface area (Å²) in [5, 5.41) is 3.05. The Morgan fingerprint density at radius 2 is 1.84 bits per heavy atom. The minimum Gasteiger partial charge on any atom is -0.350 e. The van der Waals surface area contributed by atoms with Gasteiger partial charge in [0.1, 0.15) is 5.82 Å². The van der Waals surface area contributed by atoms with Crippen molar-refractivity contribution >= 4 is 29.3 Å². The van der Waals surface area contributed by atoms with E-state index in [9.17, 15) is 14.0 Å². The predicted octanol–water partition coefficient (Wildman–Crippen LogP) is 5.22. The SMILES string of the molecule is CC(CCc1ccccc1)NC(=O)c1ccc2c(c1)N(Cc1ccccc1F)C(=O)CS2. The quantitative estimate of drug-likeness (QED) is 0.539. The number of carbonyl (C=O) groups excluding carboxylic acids is 2. The highest BCUT2D eigenvalue weighted by Crippen LogP contribution is 2.37. The van der Waals surface area contributed by atoms with Gasteiger partial charge in [0.25, 0.3) is 5.91 Å². The maximum Gasteiger partial charge on any atom is 0.251 e. The summed E-state index contributed by atoms with van der Waals surface area (Å²) in [6, 6.07) is 22.0. The van der Waals surface area contributed by atoms with Crippen molar-refractivity contribution in [3.8, 4) is 0 Å². The average molecular weight is 449 g/mol. The van der Waals surface area contributed by atoms with Gasteiger partial charge in [-0.3, -0.25) is 9.59 Å². The van der Waals surface area contributed by atoms with Crippen LogP contribution < -0.4 is 10.2 Å². The molecule has 0 spiro atoms. The smallest absolute Gasteiger partial charge is 0.251 e. The maximum absolute atomic E-state index is 14.2. The molecule has 2 amide bonds. The van der Waals surface area contributed by atoms with Crippen molar-refractivity contribution in [1.82, 2.24) is 5.32 Å². The molecule has 3 aromatic rings. The number of nitrogens with zero attached hydrogens (tertiary/aromatic N) is 1. The number of hydrogen-bond acceptors (Lipinski definition) is 3. The predicted molar refractivity (Wildman–Crippen MR) is 126 cm³/mol. The zero-order valence-corrected chi connectivity index (χ0v) is 18.7. The summed E-state index contributed by atoms with van der Waals surface area (Å²) in [5.74, 6) is -0.327. The zero-order valence-electron chi connectivity index (χ0n) is 17.9. The van der Waals surface area contributed by atoms with E-state index in [2.05, 4.69) is 17.4 Å². The summed E-state index contributed by atoms with van der Waals surface area (Å²) in [4.78, 5) is 28.0. The van der Waals surface area contributed by atoms with Crippen LogP contribution in [0.3, 0.4) is 0 Å². The van der Waals surface area contributed by atoms with E-state index in [1.165, 1.54) is 23.4 Å². The van der Waals surface area contributed by atoms with E-state index < -0.39 is 0 Å². The lowest BCUT2D eigenvalue weighted by molar-refractivity contribution is -0.116. The Bertz CT molecular complexity index is 1120. The molecule has 1 aliphatic rings. The molecule has 0 aliphatic carbocycles. The maximum atomic E-state index is 14.2. The highest BCUT2D eigenvalue weighted by molar-refractivity contribution is 8.00. The van der Waals surface area contributed by atoms with Crippen LogP contribution in [0.4, 0.5) is 10.1 Å². The Morgan fingerprint density at radius 3 is 2.62 bits per heavy atom. The molecule has 1 heterocycles. The molecule has 3 aromatic carbocycles. The van der Waals surface area contributed by atoms with Gasteiger partial charge in [-0.1, -0.05) is 48.5 Å². The summed E-state index contributed by atoms with van der Waals surface area (Å²) in [6.45, 7) is 2.13. The first kappa shape index (κ1) is 22.1. The average Bonchev–Trinajstić information content (AvgIpc) is 2.81. The summed E-state index contributed by atoms with van der Waals surface area (Å²) in [6.07, 6.45) is 1.71. The van der Waals surface area contributed by atoms with Crippen molar-refractivity contribution in [3.63, 3.8) is 0 Å². The molecule has 0 saturated heterocycles. The van der Waals surface area contributed by atoms with E-state index in [0.717, 1.165) is 17.7 Å². The number of fused-ring (bicyclic) bond motifs is 1. The normalized spacial score (nSPS) is 14.1. The number of halogens is 1. The van der Waals surface area contributed by atoms with Crippen LogP contribution in [0.15, 0.2) is 77.7 Å². The van der Waals surface area contributed by atoms with E-state index in [4.69, 9.17) is 0 Å². The van der Waals surface area contributed by atoms with Crippen LogP contribution in [0.25, 0.3) is 0 Å². The molecular formula is C26H25FN2O2S. The van der Waals surface area contributed by atoms with Crippen molar-refractivity contribution in [2.45, 2.75) is 37.2 Å². The van der Waals surface area contributed by atoms with Crippen molar-refractivity contribution in [2.75, 3.05) is 10.7 Å². The van der Waals surface area contributed by atoms with E-state index in [-0.39, 0.29) is 30.2 Å². The number of nitrogens with one attached hydrogen (secondary N) is 1. The van der Waals surface area contributed by atoms with Crippen LogP contribution in [0.1, 0.15) is 34.8 Å². The van der Waals surface area contributed by atoms with Crippen LogP contribution in [0.5, 0.6) is 0 Å². The Hall–Kier alpha value is -3.12. The van der Waals surface area contributed by atoms with Gasteiger partial charge in [-0.2, -0.15) is 0 Å². The molecule has 0 saturated carbocycles. The van der Waals surface area contributed by atoms with Gasteiger partial charge in [-0.15, -0.1) is 11.8 Å². The minimum absolute atomic E-state index is 0.00395. The topological polar surface area (TPSA) is 49.4 Å². The summed E-state index contributed by atoms with van der Waals surface area (Å²) in [7, 11) is 0. The third kappa shape index (κ3) is 5.19. The van der Waals surface area contributed by atoms with Gasteiger partial charge in [0.05, 0.1) is 18.0 Å². The van der Waals surface area contributed by atoms with Gasteiger partial charge in [0.15, 0.2) is 0 Å². The molecule has 1 N–H and O–H groups in total. The second-order valence-electron chi connectivity index (χ2n) is 7.94. The summed E-state index contributed by atoms with van der Waals surface area (Å²) < 4.78 is 14.2. The highest BCUT2D eigenvalue weighted by atomic mass is 32.2. The van der Waals surface area contributed by atoms with Crippen LogP contribution in [-0.2, 0) is 17.8 Å². The van der Waals surface area contributed by atoms with Gasteiger partial charge in [0, 0.05) is 22.1 Å². The van der Waals surface area contributed by atoms with Gasteiger partial charge < -0.3 is 10.2 Å². The number of anilines is 1. The van der Waals surface area contributed by atoms with E-state index >= 15 is 0 Å². The lowest BCUT2D eigenvalue weighted by atomic mass is 10.1. The molecule has 6 heteroatoms. The van der Waals surface area contributed by atoms with Gasteiger partial charge in [-0.05, 0) is 49.6 Å². The Labute approximate surface area is 191 Å². The number of amides is 2. The Balaban J connectivity index is 1.47. The first-order chi connectivity index (χ1) is 15.5. The molecule has 4 rings (SSSR count). The van der Waals surface area contributed by atoms with Gasteiger partial charge >= 0.3 is 0 Å². The molecule has 1 unspecified atom stereocenters. The Kier molecular flexibility index (Phi) is 6.90. The van der Waals surface area contributed by atoms with Gasteiger partial charge in [-0.25, -0.2) is 4.39 Å². The summed E-state index contributed by atoms with van der Waals surface area (Å²) in [5.41, 5.74) is 2.83. The van der Waals surface area contributed by atoms with Crippen LogP contribution in [0, 0.1) is 5.82 Å². The number of benzene rings is 3. The van der Waals surface area contributed by atoms with Crippen molar-refractivity contribution in [2.24, 2.45) is 0 Å². The molecule has 4 nitrogen and oxygen atoms in total. The second kappa shape index (κ2) is 10.0. The molecule has 0 fully saturated rings. The van der Waals surface area contributed by atoms with Gasteiger partial charge in [0.2, 0.25) is 5.91 Å². The summed E-state index contributed by atoms with van der Waals surface area (Å²) >= 11 is 1.44. The third-order valence-corrected chi connectivity index (χ3v) is 6.58. The first-order valence-electron chi connectivity index (χ1n) is 10.7. The second-order valence-corrected chi connectivity index (χ2v) is 8.96. The highest BCUT2D eigenvalue weighted by Gasteiger charge is 2.26. The fourth-order valence-corrected chi connectivity index (χ4v) is 4.64. The fraction of sp³-hybridized carbons (Fsp3) is 0.231. The number of rotatable bonds is 7. The Morgan fingerprint density at radius 1 is 1.09 bits per heavy atom. The molecule has 1 aliphatic heterocycles. The molecular weight excluding hydrogens is 423 g/mol. The lowest BCUT2D eigenvalue weighted by Gasteiger charge is -2.29. The van der Waals surface area contributed by atoms with Crippen LogP contribution >= 0.6 is 11.8 Å². The van der Waals surface area contributed by atoms with E-state index in [1.807, 2.05) is 31.2 Å². The molecule has 0 bridgehead atoms. The van der Waals surface area contributed by atoms with Crippen LogP contribution in [0.2, 0.25) is 0 Å². The number of carbonyl (C=O) groups is 2. The molecule has 1 atom stereocenters. The fourth-order valence-electron chi connectivity index (χ4n) is 3.72. The van der Waals surface area contributed by atoms with Crippen molar-refractivity contribution in [1.29, 1.82) is 0 Å². The van der Waals surface area contributed by atoms with Crippen molar-refractivity contribution < 1.29 is 14.0 Å². The lowest BCUT2D eigenvalue weighted by Crippen LogP contribution is -2.36. The molecule has 0 radical (unpaired) electrons. The molecule has 0 aromatic heterocycles. The minimum atomic E-state index is -0.346. The van der Waals surface area contributed by atoms with E-state index in [1.54, 1.807) is 35.2 Å². The number of aryl methyl sites for hydroxylation is 1. The number of thioether (sulfide) groups is 1. The van der Waals surface area contributed by atoms with Crippen molar-refractivity contribution in [3.05, 3.63) is 95.3 Å². The standard InChI is InChI=1S/C26H25FN2O2S/c1-18(11-12-19-7-3-2-4-8-19)28-26(31)20-13-14-24-23(15-20)29(25(30)17-32-24)16-21-9-5-6-10-22(21)27/h2-10,13-15,18H,11-12,16-17H2,1H3,(H,28,31). The zero-order chi connectivity index (χ0) is 22.5. The molecule has 164 valence electrons. The number of hydrogen-bond donors (Lipinski definition) is 1. The first-order valence-corrected chi connectivity index (χ1v) is 11.7. The monoisotopic (exact) mass is 448 g/mol. The van der Waals surface area contributed by atoms with E-state index in [0.29, 0.717) is 22.6 Å². The molecule has 32 heavy (non-hydrogen) atoms.